The van der Waals surface area contributed by atoms with E-state index in [2.05, 4.69) is 21.2 Å². The van der Waals surface area contributed by atoms with Crippen LogP contribution in [0.1, 0.15) is 31.2 Å². The fraction of sp³-hybridized carbons (Fsp3) is 0.333. The van der Waals surface area contributed by atoms with Gasteiger partial charge in [0.2, 0.25) is 0 Å². The summed E-state index contributed by atoms with van der Waals surface area (Å²) in [6, 6.07) is 7.22. The summed E-state index contributed by atoms with van der Waals surface area (Å²) in [5.74, 6) is 1.11. The van der Waals surface area contributed by atoms with Crippen LogP contribution in [0.4, 0.5) is 13.2 Å². The molecule has 1 N–H and O–H groups in total. The number of hydrogen-bond donors (Lipinski definition) is 1. The lowest BCUT2D eigenvalue weighted by Gasteiger charge is -2.10. The van der Waals surface area contributed by atoms with Crippen LogP contribution in [-0.4, -0.2) is 6.54 Å². The Kier molecular flexibility index (Phi) is 4.78. The van der Waals surface area contributed by atoms with Crippen LogP contribution in [0.5, 0.6) is 0 Å². The van der Waals surface area contributed by atoms with E-state index in [4.69, 9.17) is 4.42 Å². The van der Waals surface area contributed by atoms with Gasteiger partial charge in [-0.1, -0.05) is 22.9 Å². The van der Waals surface area contributed by atoms with Crippen LogP contribution in [-0.2, 0) is 6.18 Å². The quantitative estimate of drug-likeness (QED) is 0.788. The average molecular weight is 362 g/mol. The number of halogens is 4. The number of benzene rings is 1. The van der Waals surface area contributed by atoms with Crippen molar-refractivity contribution in [2.75, 3.05) is 6.54 Å². The largest absolute Gasteiger partial charge is 0.459 e. The first-order chi connectivity index (χ1) is 9.81. The van der Waals surface area contributed by atoms with Crippen LogP contribution in [0.15, 0.2) is 39.2 Å². The molecular weight excluding hydrogens is 347 g/mol. The lowest BCUT2D eigenvalue weighted by Crippen LogP contribution is -2.16. The Labute approximate surface area is 129 Å². The van der Waals surface area contributed by atoms with E-state index in [9.17, 15) is 13.2 Å². The van der Waals surface area contributed by atoms with Crippen LogP contribution >= 0.6 is 15.9 Å². The SMILES string of the molecule is CCNC(C)c1ccc(-c2cc(Br)cc(C(F)(F)F)c2)o1. The van der Waals surface area contributed by atoms with Crippen LogP contribution in [0, 0.1) is 0 Å². The number of furan rings is 1. The Bertz CT molecular complexity index is 622. The fourth-order valence-corrected chi connectivity index (χ4v) is 2.54. The first kappa shape index (κ1) is 16.1. The average Bonchev–Trinajstić information content (AvgIpc) is 2.87. The molecule has 0 aliphatic heterocycles. The topological polar surface area (TPSA) is 25.2 Å². The lowest BCUT2D eigenvalue weighted by atomic mass is 10.1. The van der Waals surface area contributed by atoms with E-state index in [0.29, 0.717) is 21.6 Å². The van der Waals surface area contributed by atoms with Crippen molar-refractivity contribution in [3.8, 4) is 11.3 Å². The van der Waals surface area contributed by atoms with E-state index in [0.717, 1.165) is 18.7 Å². The zero-order valence-corrected chi connectivity index (χ0v) is 13.2. The van der Waals surface area contributed by atoms with Gasteiger partial charge in [-0.05, 0) is 43.8 Å². The van der Waals surface area contributed by atoms with Gasteiger partial charge in [0.05, 0.1) is 11.6 Å². The molecule has 2 nitrogen and oxygen atoms in total. The molecule has 1 unspecified atom stereocenters. The molecule has 1 aromatic heterocycles. The Morgan fingerprint density at radius 1 is 1.24 bits per heavy atom. The van der Waals surface area contributed by atoms with Crippen molar-refractivity contribution >= 4 is 15.9 Å². The monoisotopic (exact) mass is 361 g/mol. The van der Waals surface area contributed by atoms with Gasteiger partial charge < -0.3 is 9.73 Å². The van der Waals surface area contributed by atoms with Crippen LogP contribution < -0.4 is 5.32 Å². The minimum Gasteiger partial charge on any atom is -0.459 e. The predicted octanol–water partition coefficient (Wildman–Crippen LogP) is 5.40. The third-order valence-corrected chi connectivity index (χ3v) is 3.53. The molecule has 0 fully saturated rings. The van der Waals surface area contributed by atoms with Crippen LogP contribution in [0.2, 0.25) is 0 Å². The van der Waals surface area contributed by atoms with E-state index < -0.39 is 11.7 Å². The van der Waals surface area contributed by atoms with Gasteiger partial charge in [0.25, 0.3) is 0 Å². The third-order valence-electron chi connectivity index (χ3n) is 3.07. The molecule has 6 heteroatoms. The van der Waals surface area contributed by atoms with Crippen molar-refractivity contribution < 1.29 is 17.6 Å². The Balaban J connectivity index is 2.36. The summed E-state index contributed by atoms with van der Waals surface area (Å²) in [4.78, 5) is 0. The maximum absolute atomic E-state index is 12.8. The second-order valence-electron chi connectivity index (χ2n) is 4.71. The van der Waals surface area contributed by atoms with E-state index in [1.165, 1.54) is 0 Å². The highest BCUT2D eigenvalue weighted by molar-refractivity contribution is 9.10. The van der Waals surface area contributed by atoms with Gasteiger partial charge in [0, 0.05) is 10.0 Å². The van der Waals surface area contributed by atoms with Gasteiger partial charge in [-0.2, -0.15) is 13.2 Å². The van der Waals surface area contributed by atoms with Gasteiger partial charge >= 0.3 is 6.18 Å². The molecule has 21 heavy (non-hydrogen) atoms. The zero-order valence-electron chi connectivity index (χ0n) is 11.6. The van der Waals surface area contributed by atoms with Gasteiger partial charge in [0.1, 0.15) is 11.5 Å². The van der Waals surface area contributed by atoms with Crippen molar-refractivity contribution in [1.29, 1.82) is 0 Å². The summed E-state index contributed by atoms with van der Waals surface area (Å²) in [6.45, 7) is 4.70. The molecule has 1 atom stereocenters. The molecule has 0 amide bonds. The van der Waals surface area contributed by atoms with Gasteiger partial charge in [-0.15, -0.1) is 0 Å². The lowest BCUT2D eigenvalue weighted by molar-refractivity contribution is -0.137. The standard InChI is InChI=1S/C15H15BrF3NO/c1-3-20-9(2)13-4-5-14(21-13)10-6-11(15(17,18)19)8-12(16)7-10/h4-9,20H,3H2,1-2H3. The molecule has 1 aromatic carbocycles. The Hall–Kier alpha value is -1.27. The second kappa shape index (κ2) is 6.23. The van der Waals surface area contributed by atoms with Crippen molar-refractivity contribution in [1.82, 2.24) is 5.32 Å². The Morgan fingerprint density at radius 2 is 1.95 bits per heavy atom. The van der Waals surface area contributed by atoms with Crippen LogP contribution in [0.25, 0.3) is 11.3 Å². The zero-order chi connectivity index (χ0) is 15.6. The summed E-state index contributed by atoms with van der Waals surface area (Å²) < 4.78 is 44.5. The molecular formula is C15H15BrF3NO. The molecule has 2 rings (SSSR count). The van der Waals surface area contributed by atoms with Crippen molar-refractivity contribution in [3.63, 3.8) is 0 Å². The first-order valence-electron chi connectivity index (χ1n) is 6.52. The summed E-state index contributed by atoms with van der Waals surface area (Å²) in [5, 5.41) is 3.19. The predicted molar refractivity (Wildman–Crippen MR) is 78.9 cm³/mol. The van der Waals surface area contributed by atoms with Gasteiger partial charge in [-0.3, -0.25) is 0 Å². The minimum absolute atomic E-state index is 0.0120. The summed E-state index contributed by atoms with van der Waals surface area (Å²) in [7, 11) is 0. The minimum atomic E-state index is -4.38. The van der Waals surface area contributed by atoms with Gasteiger partial charge in [-0.25, -0.2) is 0 Å². The van der Waals surface area contributed by atoms with Crippen LogP contribution in [0.3, 0.4) is 0 Å². The molecule has 114 valence electrons. The molecule has 0 bridgehead atoms. The first-order valence-corrected chi connectivity index (χ1v) is 7.32. The molecule has 0 spiro atoms. The summed E-state index contributed by atoms with van der Waals surface area (Å²) in [6.07, 6.45) is -4.38. The summed E-state index contributed by atoms with van der Waals surface area (Å²) in [5.41, 5.74) is -0.309. The van der Waals surface area contributed by atoms with Gasteiger partial charge in [0.15, 0.2) is 0 Å². The van der Waals surface area contributed by atoms with E-state index in [1.54, 1.807) is 18.2 Å². The number of alkyl halides is 3. The fourth-order valence-electron chi connectivity index (χ4n) is 2.04. The smallest absolute Gasteiger partial charge is 0.416 e. The number of hydrogen-bond acceptors (Lipinski definition) is 2. The van der Waals surface area contributed by atoms with Crippen molar-refractivity contribution in [2.45, 2.75) is 26.1 Å². The molecule has 0 radical (unpaired) electrons. The molecule has 2 aromatic rings. The third kappa shape index (κ3) is 3.89. The molecule has 0 saturated heterocycles. The maximum atomic E-state index is 12.8. The highest BCUT2D eigenvalue weighted by Gasteiger charge is 2.31. The highest BCUT2D eigenvalue weighted by atomic mass is 79.9. The van der Waals surface area contributed by atoms with E-state index in [1.807, 2.05) is 13.8 Å². The molecule has 0 saturated carbocycles. The molecule has 1 heterocycles. The molecule has 0 aliphatic carbocycles. The van der Waals surface area contributed by atoms with Crippen molar-refractivity contribution in [2.24, 2.45) is 0 Å². The number of rotatable bonds is 4. The Morgan fingerprint density at radius 3 is 2.57 bits per heavy atom. The maximum Gasteiger partial charge on any atom is 0.416 e. The summed E-state index contributed by atoms with van der Waals surface area (Å²) >= 11 is 3.11. The normalized spacial score (nSPS) is 13.4. The van der Waals surface area contributed by atoms with E-state index in [-0.39, 0.29) is 6.04 Å². The van der Waals surface area contributed by atoms with Crippen molar-refractivity contribution in [3.05, 3.63) is 46.1 Å². The number of nitrogens with one attached hydrogen (secondary N) is 1. The highest BCUT2D eigenvalue weighted by Crippen LogP contribution is 2.35. The molecule has 0 aliphatic rings. The second-order valence-corrected chi connectivity index (χ2v) is 5.62. The van der Waals surface area contributed by atoms with E-state index >= 15 is 0 Å².